The van der Waals surface area contributed by atoms with E-state index in [9.17, 15) is 9.59 Å². The van der Waals surface area contributed by atoms with Crippen molar-refractivity contribution in [3.8, 4) is 0 Å². The molecular formula is C26H23ClN2O3S. The molecule has 0 saturated heterocycles. The Morgan fingerprint density at radius 2 is 1.88 bits per heavy atom. The number of carbonyl (C=O) groups excluding carboxylic acids is 2. The standard InChI is InChI=1S/C26H23ClN2O3S/c1-32-14-13-28-25(30)20-11-9-18(10-12-20)16-24-26(31)29(17-19-5-4-6-21(27)15-19)22-7-2-3-8-23(22)33-24/h2-12,15-16H,13-14,17H2,1H3,(H,28,30)/b24-16+. The first-order valence-electron chi connectivity index (χ1n) is 10.5. The summed E-state index contributed by atoms with van der Waals surface area (Å²) >= 11 is 7.60. The van der Waals surface area contributed by atoms with Crippen LogP contribution in [0.25, 0.3) is 6.08 Å². The van der Waals surface area contributed by atoms with E-state index >= 15 is 0 Å². The molecule has 5 nitrogen and oxygen atoms in total. The van der Waals surface area contributed by atoms with Crippen molar-refractivity contribution in [3.05, 3.63) is 99.4 Å². The highest BCUT2D eigenvalue weighted by Crippen LogP contribution is 2.42. The summed E-state index contributed by atoms with van der Waals surface area (Å²) in [6.07, 6.45) is 1.86. The van der Waals surface area contributed by atoms with Gasteiger partial charge in [0.05, 0.1) is 23.7 Å². The number of halogens is 1. The number of nitrogens with zero attached hydrogens (tertiary/aromatic N) is 1. The summed E-state index contributed by atoms with van der Waals surface area (Å²) in [7, 11) is 1.59. The van der Waals surface area contributed by atoms with Crippen molar-refractivity contribution < 1.29 is 14.3 Å². The summed E-state index contributed by atoms with van der Waals surface area (Å²) in [5.41, 5.74) is 3.25. The molecule has 3 aromatic carbocycles. The first kappa shape index (κ1) is 23.1. The Kier molecular flexibility index (Phi) is 7.50. The molecule has 0 unspecified atom stereocenters. The first-order chi connectivity index (χ1) is 16.0. The van der Waals surface area contributed by atoms with Gasteiger partial charge in [0.1, 0.15) is 0 Å². The minimum Gasteiger partial charge on any atom is -0.383 e. The van der Waals surface area contributed by atoms with Gasteiger partial charge in [-0.3, -0.25) is 9.59 Å². The van der Waals surface area contributed by atoms with E-state index in [1.165, 1.54) is 11.8 Å². The molecule has 1 aliphatic rings. The van der Waals surface area contributed by atoms with Crippen LogP contribution in [0, 0.1) is 0 Å². The number of anilines is 1. The quantitative estimate of drug-likeness (QED) is 0.365. The van der Waals surface area contributed by atoms with Gasteiger partial charge in [-0.05, 0) is 53.6 Å². The maximum absolute atomic E-state index is 13.4. The minimum absolute atomic E-state index is 0.0694. The minimum atomic E-state index is -0.156. The smallest absolute Gasteiger partial charge is 0.265 e. The van der Waals surface area contributed by atoms with Crippen LogP contribution < -0.4 is 10.2 Å². The number of amides is 2. The van der Waals surface area contributed by atoms with Crippen LogP contribution in [-0.4, -0.2) is 32.1 Å². The van der Waals surface area contributed by atoms with Crippen molar-refractivity contribution >= 4 is 46.9 Å². The van der Waals surface area contributed by atoms with E-state index in [1.54, 1.807) is 24.1 Å². The summed E-state index contributed by atoms with van der Waals surface area (Å²) in [6, 6.07) is 22.6. The second-order valence-electron chi connectivity index (χ2n) is 7.47. The van der Waals surface area contributed by atoms with E-state index in [0.29, 0.717) is 35.2 Å². The number of carbonyl (C=O) groups is 2. The normalized spacial score (nSPS) is 14.3. The molecule has 2 amide bonds. The second kappa shape index (κ2) is 10.7. The molecule has 1 heterocycles. The lowest BCUT2D eigenvalue weighted by atomic mass is 10.1. The Morgan fingerprint density at radius 1 is 1.09 bits per heavy atom. The topological polar surface area (TPSA) is 58.6 Å². The molecule has 0 saturated carbocycles. The summed E-state index contributed by atoms with van der Waals surface area (Å²) in [4.78, 5) is 29.0. The Hall–Kier alpha value is -3.06. The van der Waals surface area contributed by atoms with Gasteiger partial charge in [-0.1, -0.05) is 59.8 Å². The van der Waals surface area contributed by atoms with Gasteiger partial charge >= 0.3 is 0 Å². The Morgan fingerprint density at radius 3 is 2.64 bits per heavy atom. The van der Waals surface area contributed by atoms with Crippen LogP contribution in [0.4, 0.5) is 5.69 Å². The molecule has 0 bridgehead atoms. The van der Waals surface area contributed by atoms with E-state index in [-0.39, 0.29) is 11.8 Å². The Labute approximate surface area is 202 Å². The predicted molar refractivity (Wildman–Crippen MR) is 134 cm³/mol. The number of nitrogens with one attached hydrogen (secondary N) is 1. The molecule has 1 N–H and O–H groups in total. The fraction of sp³-hybridized carbons (Fsp3) is 0.154. The van der Waals surface area contributed by atoms with E-state index in [0.717, 1.165) is 21.7 Å². The number of fused-ring (bicyclic) bond motifs is 1. The molecule has 0 aromatic heterocycles. The van der Waals surface area contributed by atoms with Crippen LogP contribution in [-0.2, 0) is 16.1 Å². The average Bonchev–Trinajstić information content (AvgIpc) is 2.82. The van der Waals surface area contributed by atoms with Crippen molar-refractivity contribution in [1.29, 1.82) is 0 Å². The average molecular weight is 479 g/mol. The summed E-state index contributed by atoms with van der Waals surface area (Å²) < 4.78 is 4.95. The lowest BCUT2D eigenvalue weighted by Gasteiger charge is -2.30. The SMILES string of the molecule is COCCNC(=O)c1ccc(/C=C2/Sc3ccccc3N(Cc3cccc(Cl)c3)C2=O)cc1. The van der Waals surface area contributed by atoms with Gasteiger partial charge < -0.3 is 15.0 Å². The molecule has 0 spiro atoms. The van der Waals surface area contributed by atoms with Gasteiger partial charge in [0.2, 0.25) is 0 Å². The fourth-order valence-electron chi connectivity index (χ4n) is 3.49. The zero-order valence-corrected chi connectivity index (χ0v) is 19.7. The number of methoxy groups -OCH3 is 1. The zero-order valence-electron chi connectivity index (χ0n) is 18.1. The molecule has 3 aromatic rings. The predicted octanol–water partition coefficient (Wildman–Crippen LogP) is 5.40. The summed E-state index contributed by atoms with van der Waals surface area (Å²) in [5, 5.41) is 3.44. The van der Waals surface area contributed by atoms with E-state index in [4.69, 9.17) is 16.3 Å². The molecule has 168 valence electrons. The summed E-state index contributed by atoms with van der Waals surface area (Å²) in [6.45, 7) is 1.34. The molecule has 33 heavy (non-hydrogen) atoms. The largest absolute Gasteiger partial charge is 0.383 e. The van der Waals surface area contributed by atoms with Crippen molar-refractivity contribution in [3.63, 3.8) is 0 Å². The number of para-hydroxylation sites is 1. The lowest BCUT2D eigenvalue weighted by Crippen LogP contribution is -2.33. The van der Waals surface area contributed by atoms with Crippen molar-refractivity contribution in [2.24, 2.45) is 0 Å². The van der Waals surface area contributed by atoms with Crippen molar-refractivity contribution in [2.75, 3.05) is 25.2 Å². The highest BCUT2D eigenvalue weighted by Gasteiger charge is 2.29. The second-order valence-corrected chi connectivity index (χ2v) is 8.99. The molecule has 7 heteroatoms. The molecule has 0 atom stereocenters. The number of thioether (sulfide) groups is 1. The van der Waals surface area contributed by atoms with E-state index in [2.05, 4.69) is 5.32 Å². The monoisotopic (exact) mass is 478 g/mol. The number of ether oxygens (including phenoxy) is 1. The Bertz CT molecular complexity index is 1190. The molecule has 1 aliphatic heterocycles. The first-order valence-corrected chi connectivity index (χ1v) is 11.7. The lowest BCUT2D eigenvalue weighted by molar-refractivity contribution is -0.114. The van der Waals surface area contributed by atoms with Crippen molar-refractivity contribution in [2.45, 2.75) is 11.4 Å². The van der Waals surface area contributed by atoms with Crippen LogP contribution in [0.1, 0.15) is 21.5 Å². The van der Waals surface area contributed by atoms with Gasteiger partial charge in [0.15, 0.2) is 0 Å². The van der Waals surface area contributed by atoms with Gasteiger partial charge in [-0.15, -0.1) is 0 Å². The number of rotatable bonds is 7. The number of hydrogen-bond acceptors (Lipinski definition) is 4. The third-order valence-corrected chi connectivity index (χ3v) is 6.44. The van der Waals surface area contributed by atoms with Gasteiger partial charge in [-0.2, -0.15) is 0 Å². The molecule has 0 fully saturated rings. The highest BCUT2D eigenvalue weighted by molar-refractivity contribution is 8.04. The Balaban J connectivity index is 1.58. The number of hydrogen-bond donors (Lipinski definition) is 1. The van der Waals surface area contributed by atoms with Crippen LogP contribution in [0.3, 0.4) is 0 Å². The highest BCUT2D eigenvalue weighted by atomic mass is 35.5. The van der Waals surface area contributed by atoms with Crippen molar-refractivity contribution in [1.82, 2.24) is 5.32 Å². The molecule has 4 rings (SSSR count). The maximum Gasteiger partial charge on any atom is 0.265 e. The van der Waals surface area contributed by atoms with E-state index < -0.39 is 0 Å². The van der Waals surface area contributed by atoms with Gasteiger partial charge in [-0.25, -0.2) is 0 Å². The molecular weight excluding hydrogens is 456 g/mol. The van der Waals surface area contributed by atoms with Crippen LogP contribution in [0.15, 0.2) is 82.6 Å². The van der Waals surface area contributed by atoms with Crippen LogP contribution in [0.2, 0.25) is 5.02 Å². The number of benzene rings is 3. The zero-order chi connectivity index (χ0) is 23.2. The molecule has 0 radical (unpaired) electrons. The molecule has 0 aliphatic carbocycles. The van der Waals surface area contributed by atoms with Gasteiger partial charge in [0.25, 0.3) is 11.8 Å². The maximum atomic E-state index is 13.4. The van der Waals surface area contributed by atoms with E-state index in [1.807, 2.05) is 66.7 Å². The van der Waals surface area contributed by atoms with Crippen LogP contribution in [0.5, 0.6) is 0 Å². The third-order valence-electron chi connectivity index (χ3n) is 5.12. The van der Waals surface area contributed by atoms with Crippen LogP contribution >= 0.6 is 23.4 Å². The summed E-state index contributed by atoms with van der Waals surface area (Å²) in [5.74, 6) is -0.226. The van der Waals surface area contributed by atoms with Gasteiger partial charge in [0, 0.05) is 29.1 Å². The fourth-order valence-corrected chi connectivity index (χ4v) is 4.76. The third kappa shape index (κ3) is 5.66.